The van der Waals surface area contributed by atoms with Gasteiger partial charge in [0.25, 0.3) is 0 Å². The smallest absolute Gasteiger partial charge is 0.164 e. The number of benzene rings is 1. The summed E-state index contributed by atoms with van der Waals surface area (Å²) < 4.78 is 21.1. The summed E-state index contributed by atoms with van der Waals surface area (Å²) in [5, 5.41) is 0. The molecule has 1 aromatic carbocycles. The van der Waals surface area contributed by atoms with Crippen LogP contribution in [-0.2, 0) is 6.42 Å². The van der Waals surface area contributed by atoms with Crippen molar-refractivity contribution in [1.29, 1.82) is 0 Å². The summed E-state index contributed by atoms with van der Waals surface area (Å²) in [6, 6.07) is 5.41. The van der Waals surface area contributed by atoms with Gasteiger partial charge in [0.15, 0.2) is 11.5 Å². The summed E-state index contributed by atoms with van der Waals surface area (Å²) in [4.78, 5) is 0. The van der Waals surface area contributed by atoms with Crippen LogP contribution in [0.15, 0.2) is 35.1 Å². The molecular weight excluding hydrogens is 272 g/mol. The molecule has 1 heterocycles. The molecule has 0 aliphatic heterocycles. The lowest BCUT2D eigenvalue weighted by Gasteiger charge is -2.20. The van der Waals surface area contributed by atoms with E-state index in [9.17, 15) is 0 Å². The molecule has 3 N–H and O–H groups in total. The van der Waals surface area contributed by atoms with Gasteiger partial charge in [-0.15, -0.1) is 0 Å². The van der Waals surface area contributed by atoms with Crippen molar-refractivity contribution < 1.29 is 18.6 Å². The third-order valence-corrected chi connectivity index (χ3v) is 3.33. The Morgan fingerprint density at radius 2 is 1.76 bits per heavy atom. The Hall–Kier alpha value is -2.18. The average molecular weight is 292 g/mol. The minimum Gasteiger partial charge on any atom is -0.496 e. The van der Waals surface area contributed by atoms with Gasteiger partial charge in [0.1, 0.15) is 5.75 Å². The van der Waals surface area contributed by atoms with Crippen LogP contribution in [0.4, 0.5) is 0 Å². The van der Waals surface area contributed by atoms with E-state index in [1.165, 1.54) is 0 Å². The maximum absolute atomic E-state index is 5.70. The first kappa shape index (κ1) is 15.2. The van der Waals surface area contributed by atoms with E-state index in [4.69, 9.17) is 24.5 Å². The van der Waals surface area contributed by atoms with Crippen molar-refractivity contribution in [2.24, 2.45) is 5.84 Å². The molecule has 1 unspecified atom stereocenters. The van der Waals surface area contributed by atoms with Gasteiger partial charge < -0.3 is 18.6 Å². The molecule has 0 saturated carbocycles. The van der Waals surface area contributed by atoms with Crippen molar-refractivity contribution in [1.82, 2.24) is 5.43 Å². The van der Waals surface area contributed by atoms with E-state index in [2.05, 4.69) is 5.43 Å². The summed E-state index contributed by atoms with van der Waals surface area (Å²) >= 11 is 0. The van der Waals surface area contributed by atoms with Crippen LogP contribution in [0.2, 0.25) is 0 Å². The summed E-state index contributed by atoms with van der Waals surface area (Å²) in [6.07, 6.45) is 3.99. The van der Waals surface area contributed by atoms with Crippen LogP contribution in [0.25, 0.3) is 0 Å². The zero-order chi connectivity index (χ0) is 15.2. The van der Waals surface area contributed by atoms with Crippen molar-refractivity contribution in [3.63, 3.8) is 0 Å². The first-order valence-electron chi connectivity index (χ1n) is 6.50. The lowest BCUT2D eigenvalue weighted by molar-refractivity contribution is 0.345. The van der Waals surface area contributed by atoms with Crippen LogP contribution >= 0.6 is 0 Å². The van der Waals surface area contributed by atoms with Gasteiger partial charge in [-0.2, -0.15) is 0 Å². The van der Waals surface area contributed by atoms with E-state index < -0.39 is 0 Å². The standard InChI is InChI=1S/C15H20N2O4/c1-18-13-8-15(20-3)14(19-2)7-11(13)12(17-16)6-10-4-5-21-9-10/h4-5,7-9,12,17H,6,16H2,1-3H3. The zero-order valence-electron chi connectivity index (χ0n) is 12.4. The third kappa shape index (κ3) is 3.29. The monoisotopic (exact) mass is 292 g/mol. The molecule has 21 heavy (non-hydrogen) atoms. The van der Waals surface area contributed by atoms with Gasteiger partial charge in [-0.3, -0.25) is 11.3 Å². The Morgan fingerprint density at radius 3 is 2.29 bits per heavy atom. The molecule has 0 spiro atoms. The molecule has 0 saturated heterocycles. The third-order valence-electron chi connectivity index (χ3n) is 3.33. The van der Waals surface area contributed by atoms with E-state index >= 15 is 0 Å². The van der Waals surface area contributed by atoms with Gasteiger partial charge >= 0.3 is 0 Å². The topological polar surface area (TPSA) is 78.9 Å². The van der Waals surface area contributed by atoms with Crippen LogP contribution in [0.1, 0.15) is 17.2 Å². The Bertz CT molecular complexity index is 569. The van der Waals surface area contributed by atoms with E-state index in [1.807, 2.05) is 12.1 Å². The summed E-state index contributed by atoms with van der Waals surface area (Å²) in [5.74, 6) is 7.61. The predicted molar refractivity (Wildman–Crippen MR) is 78.6 cm³/mol. The molecule has 0 fully saturated rings. The Morgan fingerprint density at radius 1 is 1.10 bits per heavy atom. The average Bonchev–Trinajstić information content (AvgIpc) is 3.04. The largest absolute Gasteiger partial charge is 0.496 e. The molecule has 0 aliphatic carbocycles. The number of furan rings is 1. The minimum atomic E-state index is -0.141. The first-order chi connectivity index (χ1) is 10.2. The van der Waals surface area contributed by atoms with E-state index in [0.29, 0.717) is 23.7 Å². The highest BCUT2D eigenvalue weighted by Crippen LogP contribution is 2.38. The van der Waals surface area contributed by atoms with Gasteiger partial charge in [-0.1, -0.05) is 0 Å². The number of nitrogens with one attached hydrogen (secondary N) is 1. The van der Waals surface area contributed by atoms with Gasteiger partial charge in [0.2, 0.25) is 0 Å². The molecule has 0 aliphatic rings. The first-order valence-corrected chi connectivity index (χ1v) is 6.50. The highest BCUT2D eigenvalue weighted by molar-refractivity contribution is 5.52. The van der Waals surface area contributed by atoms with E-state index in [0.717, 1.165) is 11.1 Å². The molecule has 0 radical (unpaired) electrons. The van der Waals surface area contributed by atoms with Crippen molar-refractivity contribution in [3.05, 3.63) is 41.9 Å². The molecular formula is C15H20N2O4. The Balaban J connectivity index is 2.39. The molecule has 6 nitrogen and oxygen atoms in total. The molecule has 6 heteroatoms. The maximum Gasteiger partial charge on any atom is 0.164 e. The summed E-state index contributed by atoms with van der Waals surface area (Å²) in [6.45, 7) is 0. The highest BCUT2D eigenvalue weighted by Gasteiger charge is 2.20. The molecule has 1 atom stereocenters. The van der Waals surface area contributed by atoms with Gasteiger partial charge in [0.05, 0.1) is 39.9 Å². The molecule has 0 bridgehead atoms. The fourth-order valence-electron chi connectivity index (χ4n) is 2.23. The second kappa shape index (κ2) is 7.01. The van der Waals surface area contributed by atoms with Crippen LogP contribution in [0.5, 0.6) is 17.2 Å². The van der Waals surface area contributed by atoms with Crippen LogP contribution in [0.3, 0.4) is 0 Å². The second-order valence-electron chi connectivity index (χ2n) is 4.50. The number of hydrazine groups is 1. The summed E-state index contributed by atoms with van der Waals surface area (Å²) in [5.41, 5.74) is 4.73. The van der Waals surface area contributed by atoms with Crippen LogP contribution in [-0.4, -0.2) is 21.3 Å². The summed E-state index contributed by atoms with van der Waals surface area (Å²) in [7, 11) is 4.78. The van der Waals surface area contributed by atoms with E-state index in [-0.39, 0.29) is 6.04 Å². The number of hydrogen-bond donors (Lipinski definition) is 2. The number of methoxy groups -OCH3 is 3. The molecule has 0 amide bonds. The molecule has 2 rings (SSSR count). The van der Waals surface area contributed by atoms with E-state index in [1.54, 1.807) is 39.9 Å². The Labute approximate surface area is 123 Å². The van der Waals surface area contributed by atoms with Crippen molar-refractivity contribution in [3.8, 4) is 17.2 Å². The second-order valence-corrected chi connectivity index (χ2v) is 4.50. The maximum atomic E-state index is 5.70. The number of ether oxygens (including phenoxy) is 3. The van der Waals surface area contributed by atoms with Crippen molar-refractivity contribution in [2.75, 3.05) is 21.3 Å². The number of nitrogens with two attached hydrogens (primary N) is 1. The van der Waals surface area contributed by atoms with Gasteiger partial charge in [0, 0.05) is 11.6 Å². The minimum absolute atomic E-state index is 0.141. The normalized spacial score (nSPS) is 12.0. The molecule has 114 valence electrons. The van der Waals surface area contributed by atoms with Crippen molar-refractivity contribution in [2.45, 2.75) is 12.5 Å². The highest BCUT2D eigenvalue weighted by atomic mass is 16.5. The zero-order valence-corrected chi connectivity index (χ0v) is 12.4. The quantitative estimate of drug-likeness (QED) is 0.600. The molecule has 2 aromatic rings. The number of rotatable bonds is 7. The van der Waals surface area contributed by atoms with Gasteiger partial charge in [-0.05, 0) is 24.1 Å². The molecule has 1 aromatic heterocycles. The fraction of sp³-hybridized carbons (Fsp3) is 0.333. The fourth-order valence-corrected chi connectivity index (χ4v) is 2.23. The Kier molecular flexibility index (Phi) is 5.08. The SMILES string of the molecule is COc1cc(OC)c(C(Cc2ccoc2)NN)cc1OC. The predicted octanol–water partition coefficient (Wildman–Crippen LogP) is 2.05. The van der Waals surface area contributed by atoms with Crippen LogP contribution < -0.4 is 25.5 Å². The lowest BCUT2D eigenvalue weighted by atomic mass is 9.99. The van der Waals surface area contributed by atoms with Crippen LogP contribution in [0, 0.1) is 0 Å². The lowest BCUT2D eigenvalue weighted by Crippen LogP contribution is -2.29. The van der Waals surface area contributed by atoms with Gasteiger partial charge in [-0.25, -0.2) is 0 Å². The van der Waals surface area contributed by atoms with Crippen molar-refractivity contribution >= 4 is 0 Å². The number of hydrogen-bond acceptors (Lipinski definition) is 6.